The summed E-state index contributed by atoms with van der Waals surface area (Å²) in [7, 11) is -4.10. The second kappa shape index (κ2) is 5.21. The summed E-state index contributed by atoms with van der Waals surface area (Å²) in [4.78, 5) is 22.7. The summed E-state index contributed by atoms with van der Waals surface area (Å²) in [5.41, 5.74) is -1.12. The SMILES string of the molecule is CC1(C(=O)O)CCN(c2cc([N+](=O)[O-])cc(S(N)(=O)=O)c2)C1. The topological polar surface area (TPSA) is 144 Å². The first-order valence-electron chi connectivity index (χ1n) is 6.33. The van der Waals surface area contributed by atoms with E-state index in [1.54, 1.807) is 11.8 Å². The fourth-order valence-corrected chi connectivity index (χ4v) is 2.95. The van der Waals surface area contributed by atoms with Crippen LogP contribution in [-0.2, 0) is 14.8 Å². The van der Waals surface area contributed by atoms with Crippen molar-refractivity contribution < 1.29 is 23.2 Å². The number of carboxylic acids is 1. The molecule has 1 atom stereocenters. The number of sulfonamides is 1. The number of carboxylic acid groups (broad SMARTS) is 1. The van der Waals surface area contributed by atoms with Crippen molar-refractivity contribution in [3.05, 3.63) is 28.3 Å². The van der Waals surface area contributed by atoms with Crippen LogP contribution in [0.2, 0.25) is 0 Å². The fraction of sp³-hybridized carbons (Fsp3) is 0.417. The molecule has 0 spiro atoms. The Morgan fingerprint density at radius 3 is 2.55 bits per heavy atom. The van der Waals surface area contributed by atoms with E-state index in [-0.39, 0.29) is 17.1 Å². The van der Waals surface area contributed by atoms with E-state index in [0.717, 1.165) is 6.07 Å². The smallest absolute Gasteiger partial charge is 0.311 e. The summed E-state index contributed by atoms with van der Waals surface area (Å²) >= 11 is 0. The van der Waals surface area contributed by atoms with Crippen molar-refractivity contribution >= 4 is 27.4 Å². The second-order valence-corrected chi connectivity index (χ2v) is 7.09. The third kappa shape index (κ3) is 3.02. The minimum absolute atomic E-state index is 0.133. The molecule has 0 amide bonds. The molecule has 1 aliphatic rings. The normalized spacial score (nSPS) is 21.8. The maximum absolute atomic E-state index is 11.5. The van der Waals surface area contributed by atoms with Gasteiger partial charge in [0.2, 0.25) is 10.0 Å². The highest BCUT2D eigenvalue weighted by atomic mass is 32.2. The second-order valence-electron chi connectivity index (χ2n) is 5.52. The lowest BCUT2D eigenvalue weighted by Crippen LogP contribution is -2.31. The van der Waals surface area contributed by atoms with Crippen LogP contribution in [0.1, 0.15) is 13.3 Å². The van der Waals surface area contributed by atoms with Crippen molar-refractivity contribution in [2.24, 2.45) is 10.6 Å². The largest absolute Gasteiger partial charge is 0.481 e. The van der Waals surface area contributed by atoms with Crippen LogP contribution >= 0.6 is 0 Å². The maximum Gasteiger partial charge on any atom is 0.311 e. The van der Waals surface area contributed by atoms with Gasteiger partial charge < -0.3 is 10.0 Å². The number of anilines is 1. The number of nitrogens with zero attached hydrogens (tertiary/aromatic N) is 2. The van der Waals surface area contributed by atoms with E-state index >= 15 is 0 Å². The molecule has 0 saturated carbocycles. The van der Waals surface area contributed by atoms with Gasteiger partial charge in [0.05, 0.1) is 15.2 Å². The Bertz CT molecular complexity index is 747. The lowest BCUT2D eigenvalue weighted by atomic mass is 9.90. The van der Waals surface area contributed by atoms with Gasteiger partial charge in [0.25, 0.3) is 5.69 Å². The number of primary sulfonamides is 1. The zero-order chi connectivity index (χ0) is 16.7. The lowest BCUT2D eigenvalue weighted by Gasteiger charge is -2.22. The van der Waals surface area contributed by atoms with Crippen LogP contribution < -0.4 is 10.0 Å². The van der Waals surface area contributed by atoms with Crippen LogP contribution in [-0.4, -0.2) is 37.5 Å². The molecular formula is C12H15N3O6S. The number of nitro benzene ring substituents is 1. The van der Waals surface area contributed by atoms with Gasteiger partial charge in [0.15, 0.2) is 0 Å². The van der Waals surface area contributed by atoms with Crippen molar-refractivity contribution in [3.63, 3.8) is 0 Å². The van der Waals surface area contributed by atoms with Crippen molar-refractivity contribution in [1.82, 2.24) is 0 Å². The standard InChI is InChI=1S/C12H15N3O6S/c1-12(11(16)17)2-3-14(7-12)8-4-9(15(18)19)6-10(5-8)22(13,20)21/h4-6H,2-3,7H2,1H3,(H,16,17)(H2,13,20,21). The van der Waals surface area contributed by atoms with E-state index < -0.39 is 32.0 Å². The number of aliphatic carboxylic acids is 1. The Kier molecular flexibility index (Phi) is 3.83. The average molecular weight is 329 g/mol. The summed E-state index contributed by atoms with van der Waals surface area (Å²) < 4.78 is 22.9. The number of nitro groups is 1. The number of carbonyl (C=O) groups is 1. The first-order valence-corrected chi connectivity index (χ1v) is 7.88. The van der Waals surface area contributed by atoms with Crippen LogP contribution in [0.15, 0.2) is 23.1 Å². The molecule has 1 unspecified atom stereocenters. The van der Waals surface area contributed by atoms with Crippen molar-refractivity contribution in [2.75, 3.05) is 18.0 Å². The Labute approximate surface area is 126 Å². The fourth-order valence-electron chi connectivity index (χ4n) is 2.38. The number of rotatable bonds is 4. The van der Waals surface area contributed by atoms with Crippen molar-refractivity contribution in [3.8, 4) is 0 Å². The predicted molar refractivity (Wildman–Crippen MR) is 77.0 cm³/mol. The highest BCUT2D eigenvalue weighted by molar-refractivity contribution is 7.89. The molecule has 1 aliphatic heterocycles. The molecule has 10 heteroatoms. The molecule has 0 radical (unpaired) electrons. The summed E-state index contributed by atoms with van der Waals surface area (Å²) in [6.45, 7) is 2.06. The monoisotopic (exact) mass is 329 g/mol. The van der Waals surface area contributed by atoms with Gasteiger partial charge in [-0.25, -0.2) is 13.6 Å². The molecule has 1 saturated heterocycles. The molecule has 2 rings (SSSR count). The summed E-state index contributed by atoms with van der Waals surface area (Å²) in [6, 6.07) is 3.31. The van der Waals surface area contributed by atoms with Gasteiger partial charge >= 0.3 is 5.97 Å². The van der Waals surface area contributed by atoms with E-state index in [1.165, 1.54) is 12.1 Å². The van der Waals surface area contributed by atoms with E-state index in [2.05, 4.69) is 0 Å². The van der Waals surface area contributed by atoms with E-state index in [4.69, 9.17) is 5.14 Å². The van der Waals surface area contributed by atoms with Gasteiger partial charge in [-0.2, -0.15) is 0 Å². The van der Waals surface area contributed by atoms with E-state index in [9.17, 15) is 28.4 Å². The molecule has 1 aromatic carbocycles. The van der Waals surface area contributed by atoms with Crippen LogP contribution in [0.25, 0.3) is 0 Å². The van der Waals surface area contributed by atoms with E-state index in [1.807, 2.05) is 0 Å². The third-order valence-corrected chi connectivity index (χ3v) is 4.66. The molecule has 1 aromatic rings. The molecular weight excluding hydrogens is 314 g/mol. The molecule has 0 aliphatic carbocycles. The van der Waals surface area contributed by atoms with Crippen LogP contribution in [0.5, 0.6) is 0 Å². The molecule has 22 heavy (non-hydrogen) atoms. The Balaban J connectivity index is 2.46. The number of non-ortho nitro benzene ring substituents is 1. The minimum atomic E-state index is -4.10. The van der Waals surface area contributed by atoms with Gasteiger partial charge in [-0.15, -0.1) is 0 Å². The predicted octanol–water partition coefficient (Wildman–Crippen LogP) is 0.543. The molecule has 3 N–H and O–H groups in total. The van der Waals surface area contributed by atoms with Crippen molar-refractivity contribution in [1.29, 1.82) is 0 Å². The molecule has 1 heterocycles. The zero-order valence-electron chi connectivity index (χ0n) is 11.7. The third-order valence-electron chi connectivity index (χ3n) is 3.77. The Hall–Kier alpha value is -2.20. The van der Waals surface area contributed by atoms with Gasteiger partial charge in [-0.1, -0.05) is 0 Å². The maximum atomic E-state index is 11.5. The first kappa shape index (κ1) is 16.2. The Morgan fingerprint density at radius 2 is 2.09 bits per heavy atom. The number of hydrogen-bond donors (Lipinski definition) is 2. The van der Waals surface area contributed by atoms with Crippen LogP contribution in [0.4, 0.5) is 11.4 Å². The minimum Gasteiger partial charge on any atom is -0.481 e. The molecule has 0 aromatic heterocycles. The quantitative estimate of drug-likeness (QED) is 0.606. The zero-order valence-corrected chi connectivity index (χ0v) is 12.5. The average Bonchev–Trinajstić information content (AvgIpc) is 2.81. The van der Waals surface area contributed by atoms with Crippen LogP contribution in [0.3, 0.4) is 0 Å². The molecule has 0 bridgehead atoms. The summed E-state index contributed by atoms with van der Waals surface area (Å²) in [6.07, 6.45) is 0.357. The summed E-state index contributed by atoms with van der Waals surface area (Å²) in [5.74, 6) is -0.966. The van der Waals surface area contributed by atoms with Gasteiger partial charge in [0.1, 0.15) is 0 Å². The Morgan fingerprint density at radius 1 is 1.45 bits per heavy atom. The highest BCUT2D eigenvalue weighted by Crippen LogP contribution is 2.35. The molecule has 9 nitrogen and oxygen atoms in total. The lowest BCUT2D eigenvalue weighted by molar-refractivity contribution is -0.385. The van der Waals surface area contributed by atoms with Crippen LogP contribution in [0, 0.1) is 15.5 Å². The molecule has 1 fully saturated rings. The van der Waals surface area contributed by atoms with Gasteiger partial charge in [0, 0.05) is 30.9 Å². The van der Waals surface area contributed by atoms with Gasteiger partial charge in [-0.05, 0) is 19.4 Å². The van der Waals surface area contributed by atoms with E-state index in [0.29, 0.717) is 13.0 Å². The summed E-state index contributed by atoms with van der Waals surface area (Å²) in [5, 5.41) is 25.2. The molecule has 120 valence electrons. The number of benzene rings is 1. The number of hydrogen-bond acceptors (Lipinski definition) is 6. The first-order chi connectivity index (χ1) is 10.0. The van der Waals surface area contributed by atoms with Crippen molar-refractivity contribution in [2.45, 2.75) is 18.2 Å². The number of nitrogens with two attached hydrogens (primary N) is 1. The highest BCUT2D eigenvalue weighted by Gasteiger charge is 2.41. The van der Waals surface area contributed by atoms with Gasteiger partial charge in [-0.3, -0.25) is 14.9 Å².